The zero-order chi connectivity index (χ0) is 22.0. The molecule has 3 aromatic carbocycles. The summed E-state index contributed by atoms with van der Waals surface area (Å²) in [6.07, 6.45) is 1.62. The number of halogens is 4. The van der Waals surface area contributed by atoms with Crippen molar-refractivity contribution < 1.29 is 18.7 Å². The highest BCUT2D eigenvalue weighted by molar-refractivity contribution is 9.11. The van der Waals surface area contributed by atoms with Crippen LogP contribution in [0.4, 0.5) is 4.39 Å². The van der Waals surface area contributed by atoms with Crippen molar-refractivity contribution in [1.82, 2.24) is 0 Å². The van der Waals surface area contributed by atoms with E-state index in [-0.39, 0.29) is 24.0 Å². The van der Waals surface area contributed by atoms with Gasteiger partial charge in [0.15, 0.2) is 5.70 Å². The van der Waals surface area contributed by atoms with E-state index in [1.807, 2.05) is 0 Å². The first-order valence-corrected chi connectivity index (χ1v) is 11.0. The summed E-state index contributed by atoms with van der Waals surface area (Å²) in [7, 11) is 0. The molecular weight excluding hydrogens is 553 g/mol. The van der Waals surface area contributed by atoms with Gasteiger partial charge in [0.1, 0.15) is 18.2 Å². The van der Waals surface area contributed by atoms with Crippen molar-refractivity contribution in [3.8, 4) is 5.75 Å². The monoisotopic (exact) mass is 563 g/mol. The van der Waals surface area contributed by atoms with E-state index < -0.39 is 5.97 Å². The Hall–Kier alpha value is -2.48. The second-order valence-electron chi connectivity index (χ2n) is 6.54. The van der Waals surface area contributed by atoms with Gasteiger partial charge in [-0.15, -0.1) is 0 Å². The minimum absolute atomic E-state index is 0.161. The topological polar surface area (TPSA) is 47.9 Å². The van der Waals surface area contributed by atoms with E-state index in [1.54, 1.807) is 54.6 Å². The largest absolute Gasteiger partial charge is 0.487 e. The van der Waals surface area contributed by atoms with Crippen LogP contribution in [-0.4, -0.2) is 11.9 Å². The van der Waals surface area contributed by atoms with E-state index in [9.17, 15) is 9.18 Å². The second kappa shape index (κ2) is 9.34. The molecule has 0 radical (unpaired) electrons. The highest BCUT2D eigenvalue weighted by Crippen LogP contribution is 2.36. The Morgan fingerprint density at radius 2 is 1.74 bits per heavy atom. The van der Waals surface area contributed by atoms with Crippen LogP contribution in [0.1, 0.15) is 16.7 Å². The molecule has 1 heterocycles. The lowest BCUT2D eigenvalue weighted by atomic mass is 10.2. The summed E-state index contributed by atoms with van der Waals surface area (Å²) in [4.78, 5) is 16.6. The van der Waals surface area contributed by atoms with Crippen molar-refractivity contribution >= 4 is 61.4 Å². The fourth-order valence-electron chi connectivity index (χ4n) is 2.85. The van der Waals surface area contributed by atoms with E-state index >= 15 is 0 Å². The zero-order valence-electron chi connectivity index (χ0n) is 15.7. The number of rotatable bonds is 5. The SMILES string of the molecule is O=C1OC(c2ccccc2Cl)=N/C1=C\c1cc(Br)c(OCc2ccc(F)cc2)c(Br)c1. The lowest BCUT2D eigenvalue weighted by Crippen LogP contribution is -2.05. The molecule has 0 atom stereocenters. The number of hydrogen-bond donors (Lipinski definition) is 0. The molecule has 0 spiro atoms. The number of carbonyl (C=O) groups is 1. The van der Waals surface area contributed by atoms with Gasteiger partial charge in [-0.2, -0.15) is 0 Å². The molecule has 31 heavy (non-hydrogen) atoms. The van der Waals surface area contributed by atoms with Gasteiger partial charge in [0.05, 0.1) is 19.5 Å². The lowest BCUT2D eigenvalue weighted by molar-refractivity contribution is -0.129. The van der Waals surface area contributed by atoms with Crippen LogP contribution in [0, 0.1) is 5.82 Å². The van der Waals surface area contributed by atoms with Crippen LogP contribution in [0.15, 0.2) is 80.3 Å². The zero-order valence-corrected chi connectivity index (χ0v) is 19.7. The highest BCUT2D eigenvalue weighted by Gasteiger charge is 2.25. The van der Waals surface area contributed by atoms with Gasteiger partial charge in [-0.05, 0) is 85.5 Å². The third kappa shape index (κ3) is 5.06. The van der Waals surface area contributed by atoms with Gasteiger partial charge >= 0.3 is 5.97 Å². The average Bonchev–Trinajstić information content (AvgIpc) is 3.09. The van der Waals surface area contributed by atoms with Crippen LogP contribution in [0.3, 0.4) is 0 Å². The molecule has 4 rings (SSSR count). The third-order valence-electron chi connectivity index (χ3n) is 4.35. The molecule has 0 aromatic heterocycles. The van der Waals surface area contributed by atoms with Gasteiger partial charge in [0.2, 0.25) is 5.90 Å². The molecule has 1 aliphatic heterocycles. The summed E-state index contributed by atoms with van der Waals surface area (Å²) < 4.78 is 25.5. The number of carbonyl (C=O) groups excluding carboxylic acids is 1. The van der Waals surface area contributed by atoms with Gasteiger partial charge in [0.25, 0.3) is 0 Å². The fourth-order valence-corrected chi connectivity index (χ4v) is 4.52. The minimum atomic E-state index is -0.557. The summed E-state index contributed by atoms with van der Waals surface area (Å²) >= 11 is 13.1. The van der Waals surface area contributed by atoms with Crippen LogP contribution in [0.25, 0.3) is 6.08 Å². The summed E-state index contributed by atoms with van der Waals surface area (Å²) in [6.45, 7) is 0.274. The van der Waals surface area contributed by atoms with Crippen molar-refractivity contribution in [2.24, 2.45) is 4.99 Å². The summed E-state index contributed by atoms with van der Waals surface area (Å²) in [6, 6.07) is 16.7. The Bertz CT molecular complexity index is 1200. The molecule has 0 aliphatic carbocycles. The Kier molecular flexibility index (Phi) is 6.55. The van der Waals surface area contributed by atoms with Crippen molar-refractivity contribution in [3.63, 3.8) is 0 Å². The van der Waals surface area contributed by atoms with E-state index in [0.717, 1.165) is 5.56 Å². The van der Waals surface area contributed by atoms with Crippen LogP contribution in [0.5, 0.6) is 5.75 Å². The van der Waals surface area contributed by atoms with Crippen molar-refractivity contribution in [1.29, 1.82) is 0 Å². The molecule has 4 nitrogen and oxygen atoms in total. The number of cyclic esters (lactones) is 1. The predicted molar refractivity (Wildman–Crippen MR) is 125 cm³/mol. The highest BCUT2D eigenvalue weighted by atomic mass is 79.9. The number of aliphatic imine (C=N–C) groups is 1. The Morgan fingerprint density at radius 3 is 2.42 bits per heavy atom. The smallest absolute Gasteiger partial charge is 0.363 e. The molecule has 0 saturated heterocycles. The van der Waals surface area contributed by atoms with Gasteiger partial charge in [-0.25, -0.2) is 14.2 Å². The summed E-state index contributed by atoms with van der Waals surface area (Å²) in [5.74, 6) is -0.104. The standard InChI is InChI=1S/C23H13Br2ClFNO3/c24-17-9-14(10-18(25)21(17)30-12-13-5-7-15(27)8-6-13)11-20-23(29)31-22(28-20)16-3-1-2-4-19(16)26/h1-11H,12H2/b20-11-. The van der Waals surface area contributed by atoms with Gasteiger partial charge in [-0.1, -0.05) is 35.9 Å². The molecule has 0 N–H and O–H groups in total. The molecule has 1 aliphatic rings. The molecule has 0 saturated carbocycles. The first kappa shape index (κ1) is 21.7. The lowest BCUT2D eigenvalue weighted by Gasteiger charge is -2.11. The molecule has 8 heteroatoms. The van der Waals surface area contributed by atoms with Crippen LogP contribution < -0.4 is 4.74 Å². The number of benzene rings is 3. The van der Waals surface area contributed by atoms with E-state index in [0.29, 0.717) is 30.8 Å². The number of nitrogens with zero attached hydrogens (tertiary/aromatic N) is 1. The maximum absolute atomic E-state index is 13.0. The van der Waals surface area contributed by atoms with Crippen molar-refractivity contribution in [2.75, 3.05) is 0 Å². The van der Waals surface area contributed by atoms with Crippen LogP contribution >= 0.6 is 43.5 Å². The first-order valence-electron chi connectivity index (χ1n) is 9.04. The maximum atomic E-state index is 13.0. The van der Waals surface area contributed by atoms with Crippen molar-refractivity contribution in [3.05, 3.63) is 103 Å². The molecule has 0 unspecified atom stereocenters. The Balaban J connectivity index is 1.56. The quantitative estimate of drug-likeness (QED) is 0.249. The molecule has 0 bridgehead atoms. The Morgan fingerprint density at radius 1 is 1.06 bits per heavy atom. The maximum Gasteiger partial charge on any atom is 0.363 e. The molecule has 0 fully saturated rings. The fraction of sp³-hybridized carbons (Fsp3) is 0.0435. The molecule has 0 amide bonds. The minimum Gasteiger partial charge on any atom is -0.487 e. The van der Waals surface area contributed by atoms with Crippen LogP contribution in [-0.2, 0) is 16.1 Å². The third-order valence-corrected chi connectivity index (χ3v) is 5.85. The summed E-state index contributed by atoms with van der Waals surface area (Å²) in [5.41, 5.74) is 2.26. The van der Waals surface area contributed by atoms with E-state index in [4.69, 9.17) is 21.1 Å². The van der Waals surface area contributed by atoms with Gasteiger partial charge in [0, 0.05) is 0 Å². The number of hydrogen-bond acceptors (Lipinski definition) is 4. The van der Waals surface area contributed by atoms with E-state index in [2.05, 4.69) is 36.9 Å². The van der Waals surface area contributed by atoms with Gasteiger partial charge < -0.3 is 9.47 Å². The normalized spacial score (nSPS) is 14.5. The molecule has 156 valence electrons. The first-order chi connectivity index (χ1) is 14.9. The van der Waals surface area contributed by atoms with Gasteiger partial charge in [-0.3, -0.25) is 0 Å². The second-order valence-corrected chi connectivity index (χ2v) is 8.66. The average molecular weight is 566 g/mol. The van der Waals surface area contributed by atoms with E-state index in [1.165, 1.54) is 12.1 Å². The number of ether oxygens (including phenoxy) is 2. The van der Waals surface area contributed by atoms with Crippen LogP contribution in [0.2, 0.25) is 5.02 Å². The predicted octanol–water partition coefficient (Wildman–Crippen LogP) is 6.93. The summed E-state index contributed by atoms with van der Waals surface area (Å²) in [5, 5.41) is 0.448. The molecule has 3 aromatic rings. The molecular formula is C23H13Br2ClFNO3. The Labute approximate surface area is 199 Å². The van der Waals surface area contributed by atoms with Crippen molar-refractivity contribution in [2.45, 2.75) is 6.61 Å². The number of esters is 1.